The minimum Gasteiger partial charge on any atom is -0.493 e. The number of carbonyl (C=O) groups excluding carboxylic acids is 1. The molecule has 3 atom stereocenters. The molecule has 0 spiro atoms. The molecule has 2 N–H and O–H groups in total. The van der Waals surface area contributed by atoms with E-state index in [9.17, 15) is 9.90 Å². The molecule has 49 heavy (non-hydrogen) atoms. The average Bonchev–Trinajstić information content (AvgIpc) is 3.12. The summed E-state index contributed by atoms with van der Waals surface area (Å²) in [5.74, 6) is 0.815. The fraction of sp³-hybridized carbons (Fsp3) is 0.342. The highest BCUT2D eigenvalue weighted by atomic mass is 35.6. The van der Waals surface area contributed by atoms with Gasteiger partial charge in [0.05, 0.1) is 33.0 Å². The van der Waals surface area contributed by atoms with E-state index in [1.807, 2.05) is 72.8 Å². The average molecular weight is 726 g/mol. The number of benzene rings is 4. The molecule has 2 heterocycles. The maximum Gasteiger partial charge on any atom is 0.272 e. The molecule has 6 rings (SSSR count). The number of ether oxygens (including phenoxy) is 4. The fourth-order valence-corrected chi connectivity index (χ4v) is 6.60. The zero-order valence-corrected chi connectivity index (χ0v) is 29.6. The van der Waals surface area contributed by atoms with Gasteiger partial charge in [-0.05, 0) is 63.6 Å². The predicted molar refractivity (Wildman–Crippen MR) is 191 cm³/mol. The molecule has 11 heteroatoms. The van der Waals surface area contributed by atoms with Crippen LogP contribution in [0.3, 0.4) is 0 Å². The zero-order valence-electron chi connectivity index (χ0n) is 27.3. The molecule has 4 aromatic rings. The van der Waals surface area contributed by atoms with E-state index >= 15 is 0 Å². The normalized spacial score (nSPS) is 19.6. The Morgan fingerprint density at radius 2 is 1.57 bits per heavy atom. The second-order valence-electron chi connectivity index (χ2n) is 12.3. The first-order valence-electron chi connectivity index (χ1n) is 16.1. The van der Waals surface area contributed by atoms with Crippen LogP contribution in [-0.2, 0) is 40.4 Å². The van der Waals surface area contributed by atoms with Gasteiger partial charge in [0.2, 0.25) is 0 Å². The number of aliphatic hydroxyl groups excluding tert-OH is 1. The molecule has 2 aliphatic rings. The predicted octanol–water partition coefficient (Wildman–Crippen LogP) is 7.45. The SMILES string of the molecule is COc1cc2c(cc1OC)CN(C[C@H]1C[C@@H](c3ccc(CO)cc3)O[C@@H](c3ccc(-c4cccc(CNC(=O)C(Cl)(Cl)Cl)c4)cc3)O1)CC2. The van der Waals surface area contributed by atoms with Crippen LogP contribution in [0.1, 0.15) is 52.2 Å². The van der Waals surface area contributed by atoms with Crippen LogP contribution in [0.5, 0.6) is 11.5 Å². The smallest absolute Gasteiger partial charge is 0.272 e. The molecule has 0 bridgehead atoms. The Morgan fingerprint density at radius 1 is 0.878 bits per heavy atom. The molecule has 0 saturated carbocycles. The molecule has 1 saturated heterocycles. The zero-order chi connectivity index (χ0) is 34.5. The van der Waals surface area contributed by atoms with Gasteiger partial charge in [0, 0.05) is 38.2 Å². The van der Waals surface area contributed by atoms with E-state index in [2.05, 4.69) is 22.3 Å². The number of amides is 1. The third-order valence-electron chi connectivity index (χ3n) is 9.03. The molecule has 0 aromatic heterocycles. The van der Waals surface area contributed by atoms with Gasteiger partial charge in [-0.15, -0.1) is 0 Å². The van der Waals surface area contributed by atoms with Crippen molar-refractivity contribution in [3.05, 3.63) is 118 Å². The number of nitrogens with zero attached hydrogens (tertiary/aromatic N) is 1. The van der Waals surface area contributed by atoms with Crippen molar-refractivity contribution in [3.8, 4) is 22.6 Å². The first-order valence-corrected chi connectivity index (χ1v) is 17.3. The maximum absolute atomic E-state index is 12.0. The van der Waals surface area contributed by atoms with Gasteiger partial charge in [-0.2, -0.15) is 0 Å². The first-order chi connectivity index (χ1) is 23.6. The summed E-state index contributed by atoms with van der Waals surface area (Å²) in [4.78, 5) is 14.4. The molecule has 258 valence electrons. The number of hydrogen-bond acceptors (Lipinski definition) is 7. The number of methoxy groups -OCH3 is 2. The number of hydrogen-bond donors (Lipinski definition) is 2. The third-order valence-corrected chi connectivity index (χ3v) is 9.54. The molecule has 0 radical (unpaired) electrons. The highest BCUT2D eigenvalue weighted by molar-refractivity contribution is 6.76. The van der Waals surface area contributed by atoms with Crippen molar-refractivity contribution in [1.82, 2.24) is 10.2 Å². The lowest BCUT2D eigenvalue weighted by molar-refractivity contribution is -0.253. The lowest BCUT2D eigenvalue weighted by atomic mass is 9.96. The standard InChI is InChI=1S/C38H39Cl3N2O6/c1-46-34-17-30-14-15-43(21-31(30)18-35(34)47-2)22-32-19-33(27-8-6-24(23-44)7-9-27)49-36(48-32)28-12-10-26(11-13-28)29-5-3-4-25(16-29)20-42-37(45)38(39,40)41/h3-13,16-18,32-33,36,44H,14-15,19-23H2,1-2H3,(H,42,45)/t32-,33+,36+/m1/s1. The molecule has 8 nitrogen and oxygen atoms in total. The number of nitrogens with one attached hydrogen (secondary N) is 1. The lowest BCUT2D eigenvalue weighted by Gasteiger charge is -2.39. The molecule has 1 fully saturated rings. The van der Waals surface area contributed by atoms with Gasteiger partial charge in [-0.3, -0.25) is 9.69 Å². The first kappa shape index (κ1) is 35.5. The summed E-state index contributed by atoms with van der Waals surface area (Å²) >= 11 is 17.1. The number of carbonyl (C=O) groups is 1. The van der Waals surface area contributed by atoms with Gasteiger partial charge in [-0.1, -0.05) is 102 Å². The molecular formula is C38H39Cl3N2O6. The van der Waals surface area contributed by atoms with Gasteiger partial charge in [0.15, 0.2) is 17.8 Å². The summed E-state index contributed by atoms with van der Waals surface area (Å²) in [5.41, 5.74) is 8.19. The molecule has 2 aliphatic heterocycles. The van der Waals surface area contributed by atoms with Crippen molar-refractivity contribution in [2.75, 3.05) is 27.3 Å². The summed E-state index contributed by atoms with van der Waals surface area (Å²) < 4.78 is 22.4. The topological polar surface area (TPSA) is 89.5 Å². The minimum atomic E-state index is -2.01. The van der Waals surface area contributed by atoms with E-state index in [4.69, 9.17) is 53.8 Å². The Bertz CT molecular complexity index is 1750. The van der Waals surface area contributed by atoms with Gasteiger partial charge in [0.25, 0.3) is 9.70 Å². The van der Waals surface area contributed by atoms with Crippen LogP contribution in [0.15, 0.2) is 84.9 Å². The fourth-order valence-electron chi connectivity index (χ4n) is 6.39. The van der Waals surface area contributed by atoms with Crippen molar-refractivity contribution in [1.29, 1.82) is 0 Å². The van der Waals surface area contributed by atoms with Crippen LogP contribution in [0, 0.1) is 0 Å². The van der Waals surface area contributed by atoms with Gasteiger partial charge in [-0.25, -0.2) is 0 Å². The van der Waals surface area contributed by atoms with Crippen molar-refractivity contribution >= 4 is 40.7 Å². The van der Waals surface area contributed by atoms with Crippen LogP contribution in [0.2, 0.25) is 0 Å². The number of aliphatic hydroxyl groups is 1. The van der Waals surface area contributed by atoms with E-state index in [0.29, 0.717) is 6.42 Å². The quantitative estimate of drug-likeness (QED) is 0.164. The Balaban J connectivity index is 1.19. The minimum absolute atomic E-state index is 0.00783. The highest BCUT2D eigenvalue weighted by Gasteiger charge is 2.34. The van der Waals surface area contributed by atoms with E-state index in [0.717, 1.165) is 70.9 Å². The number of fused-ring (bicyclic) bond motifs is 1. The monoisotopic (exact) mass is 724 g/mol. The summed E-state index contributed by atoms with van der Waals surface area (Å²) in [6, 6.07) is 28.1. The van der Waals surface area contributed by atoms with Crippen molar-refractivity contribution in [3.63, 3.8) is 0 Å². The van der Waals surface area contributed by atoms with Crippen LogP contribution in [0.4, 0.5) is 0 Å². The van der Waals surface area contributed by atoms with Crippen LogP contribution >= 0.6 is 34.8 Å². The second-order valence-corrected chi connectivity index (χ2v) is 14.6. The van der Waals surface area contributed by atoms with E-state index in [1.165, 1.54) is 11.1 Å². The van der Waals surface area contributed by atoms with Gasteiger partial charge in [0.1, 0.15) is 0 Å². The van der Waals surface area contributed by atoms with Crippen molar-refractivity contribution < 1.29 is 28.8 Å². The van der Waals surface area contributed by atoms with Crippen molar-refractivity contribution in [2.24, 2.45) is 0 Å². The number of halogens is 3. The Morgan fingerprint density at radius 3 is 2.24 bits per heavy atom. The van der Waals surface area contributed by atoms with Crippen LogP contribution < -0.4 is 14.8 Å². The third kappa shape index (κ3) is 8.70. The van der Waals surface area contributed by atoms with E-state index < -0.39 is 16.0 Å². The second kappa shape index (κ2) is 15.7. The summed E-state index contributed by atoms with van der Waals surface area (Å²) in [5, 5.41) is 12.2. The molecule has 0 aliphatic carbocycles. The van der Waals surface area contributed by atoms with Gasteiger partial charge < -0.3 is 29.4 Å². The molecule has 1 amide bonds. The van der Waals surface area contributed by atoms with E-state index in [-0.39, 0.29) is 25.4 Å². The summed E-state index contributed by atoms with van der Waals surface area (Å²) in [6.45, 7) is 2.67. The largest absolute Gasteiger partial charge is 0.493 e. The van der Waals surface area contributed by atoms with Gasteiger partial charge >= 0.3 is 0 Å². The van der Waals surface area contributed by atoms with Crippen molar-refractivity contribution in [2.45, 2.75) is 54.8 Å². The number of rotatable bonds is 10. The Kier molecular flexibility index (Phi) is 11.4. The Hall–Kier alpha value is -3.34. The summed E-state index contributed by atoms with van der Waals surface area (Å²) in [7, 11) is 3.33. The Labute approximate surface area is 301 Å². The van der Waals surface area contributed by atoms with Crippen LogP contribution in [0.25, 0.3) is 11.1 Å². The molecular weight excluding hydrogens is 687 g/mol. The van der Waals surface area contributed by atoms with Crippen LogP contribution in [-0.4, -0.2) is 53.1 Å². The number of alkyl halides is 3. The van der Waals surface area contributed by atoms with E-state index in [1.54, 1.807) is 14.2 Å². The molecule has 0 unspecified atom stereocenters. The molecule has 4 aromatic carbocycles. The summed E-state index contributed by atoms with van der Waals surface area (Å²) in [6.07, 6.45) is 0.778. The maximum atomic E-state index is 12.0. The lowest BCUT2D eigenvalue weighted by Crippen LogP contribution is -2.41. The highest BCUT2D eigenvalue weighted by Crippen LogP contribution is 2.40.